The van der Waals surface area contributed by atoms with Gasteiger partial charge in [-0.15, -0.1) is 0 Å². The fraction of sp³-hybridized carbons (Fsp3) is 0.125. The highest BCUT2D eigenvalue weighted by Crippen LogP contribution is 2.33. The molecule has 6 rings (SSSR count). The van der Waals surface area contributed by atoms with Crippen LogP contribution in [0.2, 0.25) is 0 Å². The van der Waals surface area contributed by atoms with Crippen LogP contribution < -0.4 is 0 Å². The molecule has 6 nitrogen and oxygen atoms in total. The van der Waals surface area contributed by atoms with Gasteiger partial charge in [-0.3, -0.25) is 13.5 Å². The zero-order chi connectivity index (χ0) is 20.4. The van der Waals surface area contributed by atoms with Crippen LogP contribution >= 0.6 is 0 Å². The highest BCUT2D eigenvalue weighted by atomic mass is 15.2. The smallest absolute Gasteiger partial charge is 0.168 e. The lowest BCUT2D eigenvalue weighted by molar-refractivity contribution is 0.959. The molecule has 0 amide bonds. The lowest BCUT2D eigenvalue weighted by Gasteiger charge is -2.17. The number of hydrogen-bond donors (Lipinski definition) is 0. The van der Waals surface area contributed by atoms with Gasteiger partial charge in [-0.25, -0.2) is 15.0 Å². The number of fused-ring (bicyclic) bond motifs is 4. The molecule has 0 bridgehead atoms. The van der Waals surface area contributed by atoms with Gasteiger partial charge in [-0.05, 0) is 56.7 Å². The third-order valence-corrected chi connectivity index (χ3v) is 5.82. The average molecular weight is 392 g/mol. The molecule has 0 saturated heterocycles. The summed E-state index contributed by atoms with van der Waals surface area (Å²) in [6.45, 7) is 6.31. The van der Waals surface area contributed by atoms with Crippen molar-refractivity contribution < 1.29 is 0 Å². The molecule has 146 valence electrons. The van der Waals surface area contributed by atoms with Crippen LogP contribution in [0.15, 0.2) is 67.1 Å². The van der Waals surface area contributed by atoms with E-state index in [1.807, 2.05) is 6.92 Å². The van der Waals surface area contributed by atoms with Crippen LogP contribution in [0.3, 0.4) is 0 Å². The van der Waals surface area contributed by atoms with Crippen LogP contribution in [0.5, 0.6) is 0 Å². The van der Waals surface area contributed by atoms with Gasteiger partial charge in [-0.2, -0.15) is 0 Å². The summed E-state index contributed by atoms with van der Waals surface area (Å²) in [5.41, 5.74) is 9.69. The lowest BCUT2D eigenvalue weighted by atomic mass is 10.1. The van der Waals surface area contributed by atoms with Crippen molar-refractivity contribution in [3.63, 3.8) is 0 Å². The summed E-state index contributed by atoms with van der Waals surface area (Å²) in [6, 6.07) is 19.3. The molecule has 30 heavy (non-hydrogen) atoms. The maximum atomic E-state index is 4.69. The Labute approximate surface area is 173 Å². The molecule has 0 aliphatic carbocycles. The molecule has 6 aromatic rings. The Morgan fingerprint density at radius 3 is 2.50 bits per heavy atom. The van der Waals surface area contributed by atoms with Gasteiger partial charge in [0.25, 0.3) is 0 Å². The van der Waals surface area contributed by atoms with Crippen molar-refractivity contribution in [1.29, 1.82) is 0 Å². The van der Waals surface area contributed by atoms with E-state index in [4.69, 9.17) is 4.98 Å². The number of aromatic nitrogens is 6. The van der Waals surface area contributed by atoms with E-state index in [0.717, 1.165) is 34.0 Å². The van der Waals surface area contributed by atoms with Crippen molar-refractivity contribution >= 4 is 27.8 Å². The molecule has 0 unspecified atom stereocenters. The Morgan fingerprint density at radius 1 is 0.800 bits per heavy atom. The molecule has 4 heterocycles. The van der Waals surface area contributed by atoms with Gasteiger partial charge in [0.1, 0.15) is 23.3 Å². The number of para-hydroxylation sites is 3. The number of nitrogens with zero attached hydrogens (tertiary/aromatic N) is 6. The molecule has 6 heteroatoms. The van der Waals surface area contributed by atoms with Gasteiger partial charge >= 0.3 is 0 Å². The number of aryl methyl sites for hydroxylation is 3. The highest BCUT2D eigenvalue weighted by molar-refractivity contribution is 5.87. The van der Waals surface area contributed by atoms with E-state index in [-0.39, 0.29) is 0 Å². The topological polar surface area (TPSA) is 52.9 Å². The molecule has 2 aromatic carbocycles. The fourth-order valence-corrected chi connectivity index (χ4v) is 4.56. The molecule has 0 spiro atoms. The molecular formula is C24H20N6. The minimum atomic E-state index is 0.795. The summed E-state index contributed by atoms with van der Waals surface area (Å²) in [5, 5.41) is 0. The second kappa shape index (κ2) is 6.03. The van der Waals surface area contributed by atoms with Crippen molar-refractivity contribution in [2.75, 3.05) is 0 Å². The first-order valence-electron chi connectivity index (χ1n) is 9.98. The molecular weight excluding hydrogens is 372 g/mol. The second-order valence-corrected chi connectivity index (χ2v) is 7.66. The molecule has 0 aliphatic heterocycles. The quantitative estimate of drug-likeness (QED) is 0.419. The summed E-state index contributed by atoms with van der Waals surface area (Å²) in [5.74, 6) is 0.886. The summed E-state index contributed by atoms with van der Waals surface area (Å²) < 4.78 is 6.78. The van der Waals surface area contributed by atoms with Gasteiger partial charge in [-0.1, -0.05) is 24.3 Å². The van der Waals surface area contributed by atoms with E-state index in [1.165, 1.54) is 22.3 Å². The molecule has 0 atom stereocenters. The van der Waals surface area contributed by atoms with Crippen LogP contribution in [0, 0.1) is 20.8 Å². The van der Waals surface area contributed by atoms with E-state index in [9.17, 15) is 0 Å². The van der Waals surface area contributed by atoms with Crippen LogP contribution in [0.1, 0.15) is 17.1 Å². The van der Waals surface area contributed by atoms with Crippen LogP contribution in [-0.4, -0.2) is 28.5 Å². The van der Waals surface area contributed by atoms with Gasteiger partial charge < -0.3 is 0 Å². The number of rotatable bonds is 2. The number of benzene rings is 2. The Morgan fingerprint density at radius 2 is 1.63 bits per heavy atom. The first kappa shape index (κ1) is 17.0. The van der Waals surface area contributed by atoms with Crippen molar-refractivity contribution in [2.24, 2.45) is 0 Å². The molecule has 0 radical (unpaired) electrons. The van der Waals surface area contributed by atoms with E-state index in [0.29, 0.717) is 0 Å². The third-order valence-electron chi connectivity index (χ3n) is 5.82. The van der Waals surface area contributed by atoms with Crippen molar-refractivity contribution in [3.05, 3.63) is 84.2 Å². The fourth-order valence-electron chi connectivity index (χ4n) is 4.56. The normalized spacial score (nSPS) is 11.8. The van der Waals surface area contributed by atoms with Gasteiger partial charge in [0.15, 0.2) is 5.65 Å². The van der Waals surface area contributed by atoms with Crippen LogP contribution in [0.25, 0.3) is 39.2 Å². The zero-order valence-electron chi connectivity index (χ0n) is 17.0. The van der Waals surface area contributed by atoms with E-state index in [1.54, 1.807) is 12.5 Å². The Kier molecular flexibility index (Phi) is 3.41. The van der Waals surface area contributed by atoms with Crippen molar-refractivity contribution in [3.8, 4) is 11.4 Å². The maximum Gasteiger partial charge on any atom is 0.168 e. The average Bonchev–Trinajstić information content (AvgIpc) is 3.39. The van der Waals surface area contributed by atoms with Gasteiger partial charge in [0.2, 0.25) is 0 Å². The van der Waals surface area contributed by atoms with E-state index in [2.05, 4.69) is 91.9 Å². The largest absolute Gasteiger partial charge is 0.298 e. The molecule has 0 saturated carbocycles. The summed E-state index contributed by atoms with van der Waals surface area (Å²) in [7, 11) is 0. The van der Waals surface area contributed by atoms with Crippen molar-refractivity contribution in [2.45, 2.75) is 20.8 Å². The van der Waals surface area contributed by atoms with Gasteiger partial charge in [0.05, 0.1) is 28.6 Å². The predicted octanol–water partition coefficient (Wildman–Crippen LogP) is 4.94. The standard InChI is InChI=1S/C24H20N6/c1-15-7-6-10-21(29-17(3)27-18-13-25-14-26-24(18)29)23(15)30-20-9-5-4-8-19(20)28-16(2)11-12-22(28)30/h4-14H,1-3H3. The third kappa shape index (κ3) is 2.16. The van der Waals surface area contributed by atoms with Crippen molar-refractivity contribution in [1.82, 2.24) is 28.5 Å². The summed E-state index contributed by atoms with van der Waals surface area (Å²) in [4.78, 5) is 13.4. The minimum Gasteiger partial charge on any atom is -0.298 e. The van der Waals surface area contributed by atoms with E-state index < -0.39 is 0 Å². The Hall–Kier alpha value is -3.93. The SMILES string of the molecule is Cc1cccc(-n2c(C)nc3cncnc32)c1-n1c2ccccc2n2c(C)ccc12. The van der Waals surface area contributed by atoms with E-state index >= 15 is 0 Å². The molecule has 4 aromatic heterocycles. The Balaban J connectivity index is 1.79. The predicted molar refractivity (Wildman–Crippen MR) is 119 cm³/mol. The zero-order valence-corrected chi connectivity index (χ0v) is 17.0. The minimum absolute atomic E-state index is 0.795. The number of hydrogen-bond acceptors (Lipinski definition) is 3. The lowest BCUT2D eigenvalue weighted by Crippen LogP contribution is -2.07. The first-order valence-corrected chi connectivity index (χ1v) is 9.98. The second-order valence-electron chi connectivity index (χ2n) is 7.66. The van der Waals surface area contributed by atoms with Crippen LogP contribution in [-0.2, 0) is 0 Å². The number of imidazole rings is 2. The monoisotopic (exact) mass is 392 g/mol. The molecule has 0 fully saturated rings. The van der Waals surface area contributed by atoms with Crippen LogP contribution in [0.4, 0.5) is 0 Å². The molecule has 0 aliphatic rings. The first-order chi connectivity index (χ1) is 14.6. The Bertz CT molecular complexity index is 1580. The molecule has 0 N–H and O–H groups in total. The van der Waals surface area contributed by atoms with Gasteiger partial charge in [0, 0.05) is 5.69 Å². The summed E-state index contributed by atoms with van der Waals surface area (Å²) >= 11 is 0. The maximum absolute atomic E-state index is 4.69. The summed E-state index contributed by atoms with van der Waals surface area (Å²) in [6.07, 6.45) is 3.34. The highest BCUT2D eigenvalue weighted by Gasteiger charge is 2.20.